The number of nitrogens with one attached hydrogen (secondary N) is 1. The summed E-state index contributed by atoms with van der Waals surface area (Å²) in [6, 6.07) is 14.1. The minimum absolute atomic E-state index is 0.0277. The zero-order chi connectivity index (χ0) is 16.4. The van der Waals surface area contributed by atoms with Crippen LogP contribution in [-0.2, 0) is 9.59 Å². The van der Waals surface area contributed by atoms with Crippen molar-refractivity contribution in [2.24, 2.45) is 0 Å². The summed E-state index contributed by atoms with van der Waals surface area (Å²) < 4.78 is 0. The van der Waals surface area contributed by atoms with E-state index >= 15 is 0 Å². The average Bonchev–Trinajstić information content (AvgIpc) is 2.90. The topological polar surface area (TPSA) is 49.4 Å². The Balaban J connectivity index is 1.81. The van der Waals surface area contributed by atoms with Gasteiger partial charge in [0.2, 0.25) is 11.8 Å². The molecule has 1 aliphatic rings. The molecule has 3 rings (SSSR count). The van der Waals surface area contributed by atoms with Crippen LogP contribution in [0, 0.1) is 6.92 Å². The van der Waals surface area contributed by atoms with Crippen LogP contribution in [0.3, 0.4) is 0 Å². The van der Waals surface area contributed by atoms with Crippen LogP contribution >= 0.6 is 11.6 Å². The highest BCUT2D eigenvalue weighted by Gasteiger charge is 2.37. The molecular formula is C18H17ClN2O2. The van der Waals surface area contributed by atoms with Crippen molar-refractivity contribution in [3.63, 3.8) is 0 Å². The van der Waals surface area contributed by atoms with Crippen molar-refractivity contribution < 1.29 is 9.59 Å². The first-order chi connectivity index (χ1) is 11.0. The smallest absolute Gasteiger partial charge is 0.247 e. The molecule has 23 heavy (non-hydrogen) atoms. The second kappa shape index (κ2) is 6.42. The lowest BCUT2D eigenvalue weighted by Gasteiger charge is -2.24. The molecule has 0 bridgehead atoms. The monoisotopic (exact) mass is 328 g/mol. The van der Waals surface area contributed by atoms with Crippen molar-refractivity contribution in [1.29, 1.82) is 0 Å². The van der Waals surface area contributed by atoms with Crippen LogP contribution in [0.5, 0.6) is 0 Å². The summed E-state index contributed by atoms with van der Waals surface area (Å²) in [5, 5.41) is 3.40. The second-order valence-electron chi connectivity index (χ2n) is 5.65. The Bertz CT molecular complexity index is 743. The Morgan fingerprint density at radius 2 is 1.96 bits per heavy atom. The normalized spacial score (nSPS) is 17.4. The minimum atomic E-state index is -0.496. The Morgan fingerprint density at radius 3 is 2.65 bits per heavy atom. The number of carbonyl (C=O) groups excluding carboxylic acids is 2. The van der Waals surface area contributed by atoms with Gasteiger partial charge in [-0.1, -0.05) is 35.4 Å². The van der Waals surface area contributed by atoms with Gasteiger partial charge in [0, 0.05) is 22.8 Å². The van der Waals surface area contributed by atoms with E-state index in [0.29, 0.717) is 23.6 Å². The number of hydrogen-bond acceptors (Lipinski definition) is 2. The number of rotatable bonds is 3. The Kier molecular flexibility index (Phi) is 4.35. The molecule has 1 atom stereocenters. The predicted octanol–water partition coefficient (Wildman–Crippen LogP) is 3.78. The number of anilines is 2. The van der Waals surface area contributed by atoms with Gasteiger partial charge < -0.3 is 5.32 Å². The molecule has 2 aromatic rings. The number of hydrogen-bond donors (Lipinski definition) is 1. The first-order valence-corrected chi connectivity index (χ1v) is 7.87. The third-order valence-electron chi connectivity index (χ3n) is 3.92. The molecule has 0 spiro atoms. The quantitative estimate of drug-likeness (QED) is 0.932. The highest BCUT2D eigenvalue weighted by Crippen LogP contribution is 2.28. The molecule has 118 valence electrons. The van der Waals surface area contributed by atoms with Gasteiger partial charge >= 0.3 is 0 Å². The van der Waals surface area contributed by atoms with E-state index in [4.69, 9.17) is 11.6 Å². The lowest BCUT2D eigenvalue weighted by atomic mass is 10.1. The number of benzene rings is 2. The molecule has 1 saturated heterocycles. The van der Waals surface area contributed by atoms with E-state index in [9.17, 15) is 9.59 Å². The molecule has 0 saturated carbocycles. The molecule has 0 aromatic heterocycles. The molecule has 0 radical (unpaired) electrons. The predicted molar refractivity (Wildman–Crippen MR) is 91.8 cm³/mol. The SMILES string of the molecule is Cc1ccc(N2C(=O)CCC2C(=O)Nc2cccc(Cl)c2)cc1. The minimum Gasteiger partial charge on any atom is -0.324 e. The van der Waals surface area contributed by atoms with Crippen LogP contribution in [0.2, 0.25) is 5.02 Å². The summed E-state index contributed by atoms with van der Waals surface area (Å²) in [5.41, 5.74) is 2.50. The summed E-state index contributed by atoms with van der Waals surface area (Å²) in [5.74, 6) is -0.223. The maximum Gasteiger partial charge on any atom is 0.247 e. The molecule has 1 heterocycles. The van der Waals surface area contributed by atoms with E-state index in [1.54, 1.807) is 29.2 Å². The molecule has 2 amide bonds. The molecule has 4 nitrogen and oxygen atoms in total. The van der Waals surface area contributed by atoms with E-state index in [1.807, 2.05) is 31.2 Å². The van der Waals surface area contributed by atoms with Crippen molar-refractivity contribution in [2.75, 3.05) is 10.2 Å². The number of nitrogens with zero attached hydrogens (tertiary/aromatic N) is 1. The van der Waals surface area contributed by atoms with E-state index in [1.165, 1.54) is 0 Å². The number of halogens is 1. The highest BCUT2D eigenvalue weighted by molar-refractivity contribution is 6.30. The molecule has 2 aromatic carbocycles. The number of carbonyl (C=O) groups is 2. The largest absolute Gasteiger partial charge is 0.324 e. The molecule has 1 N–H and O–H groups in total. The third kappa shape index (κ3) is 3.37. The fraction of sp³-hybridized carbons (Fsp3) is 0.222. The zero-order valence-electron chi connectivity index (χ0n) is 12.8. The second-order valence-corrected chi connectivity index (χ2v) is 6.09. The van der Waals surface area contributed by atoms with E-state index in [0.717, 1.165) is 11.3 Å². The lowest BCUT2D eigenvalue weighted by molar-refractivity contribution is -0.120. The van der Waals surface area contributed by atoms with Crippen LogP contribution in [0.15, 0.2) is 48.5 Å². The summed E-state index contributed by atoms with van der Waals surface area (Å²) >= 11 is 5.93. The van der Waals surface area contributed by atoms with Crippen molar-refractivity contribution in [3.05, 3.63) is 59.1 Å². The van der Waals surface area contributed by atoms with Crippen LogP contribution in [0.4, 0.5) is 11.4 Å². The Hall–Kier alpha value is -2.33. The Labute approximate surface area is 140 Å². The third-order valence-corrected chi connectivity index (χ3v) is 4.15. The van der Waals surface area contributed by atoms with Crippen molar-refractivity contribution >= 4 is 34.8 Å². The fourth-order valence-electron chi connectivity index (χ4n) is 2.75. The van der Waals surface area contributed by atoms with Crippen LogP contribution < -0.4 is 10.2 Å². The molecule has 1 aliphatic heterocycles. The van der Waals surface area contributed by atoms with Crippen LogP contribution in [0.1, 0.15) is 18.4 Å². The summed E-state index contributed by atoms with van der Waals surface area (Å²) in [4.78, 5) is 26.4. The van der Waals surface area contributed by atoms with Gasteiger partial charge in [0.05, 0.1) is 0 Å². The van der Waals surface area contributed by atoms with Crippen LogP contribution in [0.25, 0.3) is 0 Å². The van der Waals surface area contributed by atoms with Gasteiger partial charge in [0.15, 0.2) is 0 Å². The van der Waals surface area contributed by atoms with E-state index < -0.39 is 6.04 Å². The molecule has 0 aliphatic carbocycles. The van der Waals surface area contributed by atoms with Gasteiger partial charge in [0.1, 0.15) is 6.04 Å². The molecule has 5 heteroatoms. The van der Waals surface area contributed by atoms with Gasteiger partial charge in [-0.25, -0.2) is 0 Å². The molecular weight excluding hydrogens is 312 g/mol. The first kappa shape index (κ1) is 15.6. The zero-order valence-corrected chi connectivity index (χ0v) is 13.5. The average molecular weight is 329 g/mol. The maximum absolute atomic E-state index is 12.6. The van der Waals surface area contributed by atoms with Crippen molar-refractivity contribution in [1.82, 2.24) is 0 Å². The summed E-state index contributed by atoms with van der Waals surface area (Å²) in [6.45, 7) is 1.99. The van der Waals surface area contributed by atoms with E-state index in [2.05, 4.69) is 5.32 Å². The maximum atomic E-state index is 12.6. The Morgan fingerprint density at radius 1 is 1.22 bits per heavy atom. The van der Waals surface area contributed by atoms with Crippen molar-refractivity contribution in [2.45, 2.75) is 25.8 Å². The molecule has 1 unspecified atom stereocenters. The van der Waals surface area contributed by atoms with Crippen LogP contribution in [-0.4, -0.2) is 17.9 Å². The standard InChI is InChI=1S/C18H17ClN2O2/c1-12-5-7-15(8-6-12)21-16(9-10-17(21)22)18(23)20-14-4-2-3-13(19)11-14/h2-8,11,16H,9-10H2,1H3,(H,20,23). The summed E-state index contributed by atoms with van der Waals surface area (Å²) in [6.07, 6.45) is 0.890. The lowest BCUT2D eigenvalue weighted by Crippen LogP contribution is -2.41. The number of amides is 2. The van der Waals surface area contributed by atoms with Gasteiger partial charge in [-0.15, -0.1) is 0 Å². The van der Waals surface area contributed by atoms with Gasteiger partial charge in [-0.2, -0.15) is 0 Å². The van der Waals surface area contributed by atoms with Gasteiger partial charge in [-0.3, -0.25) is 14.5 Å². The van der Waals surface area contributed by atoms with Gasteiger partial charge in [0.25, 0.3) is 0 Å². The first-order valence-electron chi connectivity index (χ1n) is 7.50. The summed E-state index contributed by atoms with van der Waals surface area (Å²) in [7, 11) is 0. The van der Waals surface area contributed by atoms with Crippen molar-refractivity contribution in [3.8, 4) is 0 Å². The number of aryl methyl sites for hydroxylation is 1. The highest BCUT2D eigenvalue weighted by atomic mass is 35.5. The van der Waals surface area contributed by atoms with Gasteiger partial charge in [-0.05, 0) is 43.7 Å². The molecule has 1 fully saturated rings. The van der Waals surface area contributed by atoms with E-state index in [-0.39, 0.29) is 11.8 Å². The fourth-order valence-corrected chi connectivity index (χ4v) is 2.94.